The van der Waals surface area contributed by atoms with Crippen LogP contribution in [0.15, 0.2) is 24.3 Å². The highest BCUT2D eigenvalue weighted by atomic mass is 32.2. The molecule has 1 aromatic rings. The summed E-state index contributed by atoms with van der Waals surface area (Å²) in [7, 11) is -4.06. The number of fused-ring (bicyclic) bond motifs is 1. The SMILES string of the molecule is CC(C)(C)NS(=O)(=O)C1(C(=O)ON2C(=O)c3ccccc3C2=O)CCC1. The number of nitrogens with zero attached hydrogens (tertiary/aromatic N) is 1. The van der Waals surface area contributed by atoms with Gasteiger partial charge < -0.3 is 4.84 Å². The Morgan fingerprint density at radius 3 is 2.00 bits per heavy atom. The molecular formula is C17H20N2O6S. The molecule has 1 saturated carbocycles. The second-order valence-corrected chi connectivity index (χ2v) is 9.52. The molecule has 0 spiro atoms. The van der Waals surface area contributed by atoms with Gasteiger partial charge in [-0.25, -0.2) is 17.9 Å². The van der Waals surface area contributed by atoms with E-state index in [4.69, 9.17) is 4.84 Å². The van der Waals surface area contributed by atoms with E-state index < -0.39 is 38.1 Å². The molecular weight excluding hydrogens is 360 g/mol. The Morgan fingerprint density at radius 2 is 1.62 bits per heavy atom. The van der Waals surface area contributed by atoms with Gasteiger partial charge in [0.05, 0.1) is 11.1 Å². The van der Waals surface area contributed by atoms with Gasteiger partial charge in [0.25, 0.3) is 11.8 Å². The maximum Gasteiger partial charge on any atom is 0.355 e. The number of hydroxylamine groups is 2. The number of imide groups is 1. The summed E-state index contributed by atoms with van der Waals surface area (Å²) in [5.41, 5.74) is -0.552. The molecule has 0 atom stereocenters. The van der Waals surface area contributed by atoms with E-state index in [1.54, 1.807) is 32.9 Å². The molecule has 2 amide bonds. The van der Waals surface area contributed by atoms with Crippen LogP contribution in [0.25, 0.3) is 0 Å². The molecule has 1 aliphatic carbocycles. The van der Waals surface area contributed by atoms with Crippen molar-refractivity contribution in [2.45, 2.75) is 50.3 Å². The van der Waals surface area contributed by atoms with Crippen molar-refractivity contribution in [3.63, 3.8) is 0 Å². The molecule has 3 rings (SSSR count). The van der Waals surface area contributed by atoms with E-state index in [0.717, 1.165) is 0 Å². The number of carbonyl (C=O) groups is 3. The summed E-state index contributed by atoms with van der Waals surface area (Å²) in [5.74, 6) is -2.68. The van der Waals surface area contributed by atoms with Crippen molar-refractivity contribution in [1.82, 2.24) is 9.79 Å². The molecule has 140 valence electrons. The number of hydrogen-bond donors (Lipinski definition) is 1. The molecule has 8 nitrogen and oxygen atoms in total. The molecule has 0 aromatic heterocycles. The fourth-order valence-electron chi connectivity index (χ4n) is 3.00. The van der Waals surface area contributed by atoms with E-state index in [2.05, 4.69) is 4.72 Å². The molecule has 0 unspecified atom stereocenters. The summed E-state index contributed by atoms with van der Waals surface area (Å²) in [5, 5.41) is 0.347. The molecule has 0 radical (unpaired) electrons. The van der Waals surface area contributed by atoms with Crippen LogP contribution in [0.5, 0.6) is 0 Å². The average Bonchev–Trinajstić information content (AvgIpc) is 2.69. The second-order valence-electron chi connectivity index (χ2n) is 7.53. The zero-order valence-electron chi connectivity index (χ0n) is 14.7. The van der Waals surface area contributed by atoms with Crippen LogP contribution in [-0.2, 0) is 19.7 Å². The van der Waals surface area contributed by atoms with E-state index in [1.165, 1.54) is 12.1 Å². The van der Waals surface area contributed by atoms with Crippen molar-refractivity contribution < 1.29 is 27.6 Å². The number of nitrogens with one attached hydrogen (secondary N) is 1. The topological polar surface area (TPSA) is 110 Å². The monoisotopic (exact) mass is 380 g/mol. The van der Waals surface area contributed by atoms with Crippen molar-refractivity contribution in [2.75, 3.05) is 0 Å². The maximum absolute atomic E-state index is 12.7. The quantitative estimate of drug-likeness (QED) is 0.790. The number of benzene rings is 1. The first kappa shape index (κ1) is 18.5. The smallest absolute Gasteiger partial charge is 0.328 e. The van der Waals surface area contributed by atoms with Crippen molar-refractivity contribution >= 4 is 27.8 Å². The number of carbonyl (C=O) groups excluding carboxylic acids is 3. The highest BCUT2D eigenvalue weighted by Gasteiger charge is 2.59. The van der Waals surface area contributed by atoms with Gasteiger partial charge in [-0.3, -0.25) is 9.59 Å². The summed E-state index contributed by atoms with van der Waals surface area (Å²) < 4.78 is 26.2. The van der Waals surface area contributed by atoms with Crippen molar-refractivity contribution in [1.29, 1.82) is 0 Å². The van der Waals surface area contributed by atoms with Gasteiger partial charge in [0.2, 0.25) is 10.0 Å². The van der Waals surface area contributed by atoms with Gasteiger partial charge in [0.15, 0.2) is 4.75 Å². The summed E-state index contributed by atoms with van der Waals surface area (Å²) in [6, 6.07) is 6.06. The largest absolute Gasteiger partial charge is 0.355 e. The minimum absolute atomic E-state index is 0.0699. The minimum atomic E-state index is -4.06. The van der Waals surface area contributed by atoms with Gasteiger partial charge in [0.1, 0.15) is 0 Å². The van der Waals surface area contributed by atoms with Crippen LogP contribution in [0.1, 0.15) is 60.7 Å². The Labute approximate surface area is 151 Å². The van der Waals surface area contributed by atoms with Crippen LogP contribution in [0.3, 0.4) is 0 Å². The lowest BCUT2D eigenvalue weighted by molar-refractivity contribution is -0.174. The maximum atomic E-state index is 12.7. The van der Waals surface area contributed by atoms with Crippen LogP contribution in [0, 0.1) is 0 Å². The first-order valence-corrected chi connectivity index (χ1v) is 9.71. The Kier molecular flexibility index (Phi) is 4.19. The minimum Gasteiger partial charge on any atom is -0.328 e. The predicted molar refractivity (Wildman–Crippen MR) is 91.4 cm³/mol. The number of amides is 2. The zero-order chi connectivity index (χ0) is 19.3. The standard InChI is InChI=1S/C17H20N2O6S/c1-16(2,3)18-26(23,24)17(9-6-10-17)15(22)25-19-13(20)11-7-4-5-8-12(11)14(19)21/h4-5,7-8,18H,6,9-10H2,1-3H3. The van der Waals surface area contributed by atoms with Crippen LogP contribution in [0.2, 0.25) is 0 Å². The fraction of sp³-hybridized carbons (Fsp3) is 0.471. The molecule has 1 heterocycles. The van der Waals surface area contributed by atoms with Gasteiger partial charge in [-0.2, -0.15) is 0 Å². The van der Waals surface area contributed by atoms with Crippen LogP contribution in [0.4, 0.5) is 0 Å². The number of sulfonamides is 1. The number of hydrogen-bond acceptors (Lipinski definition) is 6. The Morgan fingerprint density at radius 1 is 1.12 bits per heavy atom. The third kappa shape index (κ3) is 2.80. The van der Waals surface area contributed by atoms with Crippen LogP contribution >= 0.6 is 0 Å². The van der Waals surface area contributed by atoms with Gasteiger partial charge >= 0.3 is 5.97 Å². The molecule has 0 bridgehead atoms. The summed E-state index contributed by atoms with van der Waals surface area (Å²) >= 11 is 0. The summed E-state index contributed by atoms with van der Waals surface area (Å²) in [6.07, 6.45) is 0.670. The first-order valence-electron chi connectivity index (χ1n) is 8.22. The summed E-state index contributed by atoms with van der Waals surface area (Å²) in [6.45, 7) is 4.98. The third-order valence-corrected chi connectivity index (χ3v) is 6.90. The lowest BCUT2D eigenvalue weighted by Crippen LogP contribution is -2.61. The lowest BCUT2D eigenvalue weighted by Gasteiger charge is -2.40. The highest BCUT2D eigenvalue weighted by molar-refractivity contribution is 7.91. The normalized spacial score (nSPS) is 19.1. The van der Waals surface area contributed by atoms with Gasteiger partial charge in [0, 0.05) is 5.54 Å². The van der Waals surface area contributed by atoms with E-state index in [1.807, 2.05) is 0 Å². The fourth-order valence-corrected chi connectivity index (χ4v) is 5.08. The van der Waals surface area contributed by atoms with Crippen molar-refractivity contribution in [3.05, 3.63) is 35.4 Å². The molecule has 26 heavy (non-hydrogen) atoms. The molecule has 2 aliphatic rings. The van der Waals surface area contributed by atoms with Crippen LogP contribution < -0.4 is 4.72 Å². The zero-order valence-corrected chi connectivity index (χ0v) is 15.6. The first-order chi connectivity index (χ1) is 12.0. The summed E-state index contributed by atoms with van der Waals surface area (Å²) in [4.78, 5) is 42.3. The van der Waals surface area contributed by atoms with Gasteiger partial charge in [-0.05, 0) is 52.2 Å². The molecule has 1 fully saturated rings. The van der Waals surface area contributed by atoms with Crippen molar-refractivity contribution in [2.24, 2.45) is 0 Å². The van der Waals surface area contributed by atoms with E-state index in [9.17, 15) is 22.8 Å². The average molecular weight is 380 g/mol. The Hall–Kier alpha value is -2.26. The Bertz CT molecular complexity index is 861. The predicted octanol–water partition coefficient (Wildman–Crippen LogP) is 1.38. The molecule has 1 N–H and O–H groups in total. The van der Waals surface area contributed by atoms with Gasteiger partial charge in [-0.1, -0.05) is 17.2 Å². The Balaban J connectivity index is 1.86. The highest BCUT2D eigenvalue weighted by Crippen LogP contribution is 2.41. The van der Waals surface area contributed by atoms with Gasteiger partial charge in [-0.15, -0.1) is 0 Å². The van der Waals surface area contributed by atoms with E-state index in [-0.39, 0.29) is 24.0 Å². The van der Waals surface area contributed by atoms with Crippen LogP contribution in [-0.4, -0.2) is 41.6 Å². The third-order valence-electron chi connectivity index (χ3n) is 4.42. The second kappa shape index (κ2) is 5.88. The van der Waals surface area contributed by atoms with E-state index in [0.29, 0.717) is 11.5 Å². The lowest BCUT2D eigenvalue weighted by atomic mass is 9.84. The molecule has 1 aromatic carbocycles. The van der Waals surface area contributed by atoms with Crippen molar-refractivity contribution in [3.8, 4) is 0 Å². The molecule has 0 saturated heterocycles. The van der Waals surface area contributed by atoms with E-state index >= 15 is 0 Å². The molecule has 1 aliphatic heterocycles. The number of rotatable bonds is 4. The molecule has 9 heteroatoms.